The molecule has 0 saturated carbocycles. The number of hydrogen-bond donors (Lipinski definition) is 1. The lowest BCUT2D eigenvalue weighted by Crippen LogP contribution is -2.70. The summed E-state index contributed by atoms with van der Waals surface area (Å²) in [6.07, 6.45) is -2.20. The van der Waals surface area contributed by atoms with Gasteiger partial charge in [-0.3, -0.25) is 0 Å². The fourth-order valence-corrected chi connectivity index (χ4v) is 18.9. The second-order valence-corrected chi connectivity index (χ2v) is 26.6. The van der Waals surface area contributed by atoms with Gasteiger partial charge in [-0.1, -0.05) is 163 Å². The van der Waals surface area contributed by atoms with E-state index < -0.39 is 58.5 Å². The van der Waals surface area contributed by atoms with Crippen LogP contribution in [-0.2, 0) is 23.4 Å². The topological polar surface area (TPSA) is 82.1 Å². The van der Waals surface area contributed by atoms with E-state index in [1.54, 1.807) is 0 Å². The molecule has 4 atom stereocenters. The minimum absolute atomic E-state index is 0.259. The molecule has 1 aliphatic heterocycles. The van der Waals surface area contributed by atoms with E-state index in [0.717, 1.165) is 27.0 Å². The second kappa shape index (κ2) is 13.6. The van der Waals surface area contributed by atoms with Crippen LogP contribution in [-0.4, -0.2) is 64.9 Å². The van der Waals surface area contributed by atoms with Gasteiger partial charge in [-0.05, 0) is 46.8 Å². The number of aliphatic hydroxyl groups is 1. The molecule has 11 heteroatoms. The summed E-state index contributed by atoms with van der Waals surface area (Å²) in [4.78, 5) is 0. The molecule has 1 fully saturated rings. The van der Waals surface area contributed by atoms with Crippen LogP contribution < -0.4 is 20.7 Å². The molecule has 5 rings (SSSR count). The van der Waals surface area contributed by atoms with Crippen LogP contribution in [0.3, 0.4) is 0 Å². The molecule has 4 aromatic carbocycles. The molecule has 0 amide bonds. The molecule has 1 N–H and O–H groups in total. The molecule has 4 aromatic rings. The van der Waals surface area contributed by atoms with E-state index >= 15 is 4.39 Å². The quantitative estimate of drug-likeness (QED) is 0.165. The first-order chi connectivity index (χ1) is 22.8. The van der Waals surface area contributed by atoms with Gasteiger partial charge in [0.1, 0.15) is 12.2 Å². The zero-order valence-electron chi connectivity index (χ0n) is 29.1. The number of benzene rings is 4. The molecule has 0 spiro atoms. The fourth-order valence-electron chi connectivity index (χ4n) is 7.22. The summed E-state index contributed by atoms with van der Waals surface area (Å²) < 4.78 is 61.3. The molecule has 0 aromatic heterocycles. The third-order valence-electron chi connectivity index (χ3n) is 9.53. The molecule has 1 aliphatic rings. The summed E-state index contributed by atoms with van der Waals surface area (Å²) in [5.41, 5.74) is 0. The van der Waals surface area contributed by atoms with Gasteiger partial charge in [-0.2, -0.15) is 0 Å². The smallest absolute Gasteiger partial charge is 0.319 e. The Morgan fingerprint density at radius 3 is 1.35 bits per heavy atom. The van der Waals surface area contributed by atoms with Gasteiger partial charge in [0.15, 0.2) is 0 Å². The van der Waals surface area contributed by atoms with Crippen molar-refractivity contribution in [3.8, 4) is 0 Å². The standard InChI is InChI=1S/C38H46BrFO6SSi2/c1-35(2,3)48(29-20-12-8-13-21-29,30-22-14-9-15-23-30)44-28-33-34(37(39,40)38(41,45-33)47(7,42)43)46-49(36(4,5)6,31-24-16-10-17-25-31)32-26-18-11-19-27-32/h8-27,33-34,41H,28H2,1-7H3/t33-,34-,37+,38?/m1/s1. The van der Waals surface area contributed by atoms with Gasteiger partial charge in [-0.25, -0.2) is 12.8 Å². The van der Waals surface area contributed by atoms with Crippen LogP contribution in [0.2, 0.25) is 10.1 Å². The van der Waals surface area contributed by atoms with Gasteiger partial charge >= 0.3 is 5.12 Å². The molecule has 262 valence electrons. The van der Waals surface area contributed by atoms with Crippen LogP contribution in [0, 0.1) is 0 Å². The summed E-state index contributed by atoms with van der Waals surface area (Å²) in [5.74, 6) is 0. The maximum absolute atomic E-state index is 17.5. The number of hydrogen-bond acceptors (Lipinski definition) is 6. The van der Waals surface area contributed by atoms with Crippen molar-refractivity contribution < 1.29 is 31.5 Å². The molecular formula is C38H46BrFO6SSi2. The van der Waals surface area contributed by atoms with Crippen molar-refractivity contribution in [1.29, 1.82) is 0 Å². The van der Waals surface area contributed by atoms with E-state index in [9.17, 15) is 13.5 Å². The van der Waals surface area contributed by atoms with Crippen molar-refractivity contribution in [3.63, 3.8) is 0 Å². The van der Waals surface area contributed by atoms with E-state index in [0.29, 0.717) is 0 Å². The van der Waals surface area contributed by atoms with Gasteiger partial charge in [0.25, 0.3) is 21.2 Å². The number of halogens is 2. The van der Waals surface area contributed by atoms with Crippen LogP contribution in [0.4, 0.5) is 4.39 Å². The summed E-state index contributed by atoms with van der Waals surface area (Å²) in [5, 5.41) is 11.1. The number of sulfone groups is 1. The highest BCUT2D eigenvalue weighted by molar-refractivity contribution is 9.10. The second-order valence-electron chi connectivity index (χ2n) is 14.8. The molecule has 1 unspecified atom stereocenters. The average Bonchev–Trinajstić information content (AvgIpc) is 3.25. The largest absolute Gasteiger partial charge is 0.405 e. The van der Waals surface area contributed by atoms with Crippen molar-refractivity contribution in [1.82, 2.24) is 0 Å². The summed E-state index contributed by atoms with van der Waals surface area (Å²) in [7, 11) is -11.3. The van der Waals surface area contributed by atoms with E-state index in [1.807, 2.05) is 142 Å². The number of ether oxygens (including phenoxy) is 1. The number of rotatable bonds is 10. The van der Waals surface area contributed by atoms with Crippen molar-refractivity contribution >= 4 is 63.1 Å². The highest BCUT2D eigenvalue weighted by Gasteiger charge is 2.74. The Bertz CT molecular complexity index is 1740. The summed E-state index contributed by atoms with van der Waals surface area (Å²) >= 11 is 3.05. The molecule has 0 aliphatic carbocycles. The molecule has 1 saturated heterocycles. The lowest BCUT2D eigenvalue weighted by Gasteiger charge is -2.47. The Labute approximate surface area is 301 Å². The first kappa shape index (κ1) is 37.8. The van der Waals surface area contributed by atoms with Gasteiger partial charge < -0.3 is 18.7 Å². The zero-order chi connectivity index (χ0) is 35.9. The maximum atomic E-state index is 17.5. The molecule has 6 nitrogen and oxygen atoms in total. The zero-order valence-corrected chi connectivity index (χ0v) is 33.5. The van der Waals surface area contributed by atoms with Crippen LogP contribution in [0.25, 0.3) is 0 Å². The molecule has 49 heavy (non-hydrogen) atoms. The molecular weight excluding hydrogens is 740 g/mol. The normalized spacial score (nSPS) is 23.8. The van der Waals surface area contributed by atoms with Crippen LogP contribution in [0.15, 0.2) is 121 Å². The molecule has 0 radical (unpaired) electrons. The van der Waals surface area contributed by atoms with E-state index in [-0.39, 0.29) is 6.61 Å². The Morgan fingerprint density at radius 1 is 0.714 bits per heavy atom. The third-order valence-corrected chi connectivity index (χ3v) is 22.2. The van der Waals surface area contributed by atoms with E-state index in [2.05, 4.69) is 36.7 Å². The maximum Gasteiger partial charge on any atom is 0.319 e. The first-order valence-electron chi connectivity index (χ1n) is 16.3. The minimum Gasteiger partial charge on any atom is -0.405 e. The predicted octanol–water partition coefficient (Wildman–Crippen LogP) is 5.66. The van der Waals surface area contributed by atoms with Crippen molar-refractivity contribution in [2.24, 2.45) is 0 Å². The van der Waals surface area contributed by atoms with Gasteiger partial charge in [0.05, 0.1) is 6.61 Å². The molecule has 1 heterocycles. The summed E-state index contributed by atoms with van der Waals surface area (Å²) in [6.45, 7) is 12.2. The highest BCUT2D eigenvalue weighted by atomic mass is 79.9. The Hall–Kier alpha value is -2.49. The van der Waals surface area contributed by atoms with Gasteiger partial charge in [0, 0.05) is 6.26 Å². The third kappa shape index (κ3) is 6.46. The number of alkyl halides is 2. The average molecular weight is 786 g/mol. The van der Waals surface area contributed by atoms with Gasteiger partial charge in [0.2, 0.25) is 9.84 Å². The Kier molecular flexibility index (Phi) is 10.5. The van der Waals surface area contributed by atoms with Crippen LogP contribution in [0.5, 0.6) is 0 Å². The minimum atomic E-state index is -4.58. The van der Waals surface area contributed by atoms with Crippen molar-refractivity contribution in [2.45, 2.75) is 73.5 Å². The fraction of sp³-hybridized carbons (Fsp3) is 0.368. The van der Waals surface area contributed by atoms with Crippen molar-refractivity contribution in [2.75, 3.05) is 12.9 Å². The summed E-state index contributed by atoms with van der Waals surface area (Å²) in [6, 6.07) is 39.2. The van der Waals surface area contributed by atoms with Crippen molar-refractivity contribution in [3.05, 3.63) is 121 Å². The predicted molar refractivity (Wildman–Crippen MR) is 203 cm³/mol. The van der Waals surface area contributed by atoms with E-state index in [1.165, 1.54) is 0 Å². The first-order valence-corrected chi connectivity index (χ1v) is 22.8. The van der Waals surface area contributed by atoms with Gasteiger partial charge in [-0.15, -0.1) is 0 Å². The highest BCUT2D eigenvalue weighted by Crippen LogP contribution is 2.53. The lowest BCUT2D eigenvalue weighted by atomic mass is 10.1. The monoisotopic (exact) mass is 784 g/mol. The SMILES string of the molecule is CC(C)(C)[Si](OC[C@H]1OC(O)(S(C)(=O)=O)[C@](F)(Br)[C@@H]1O[Si](c1ccccc1)(c1ccccc1)C(C)(C)C)(c1ccccc1)c1ccccc1. The van der Waals surface area contributed by atoms with E-state index in [4.69, 9.17) is 13.6 Å². The molecule has 0 bridgehead atoms. The van der Waals surface area contributed by atoms with Crippen LogP contribution >= 0.6 is 15.9 Å². The Morgan fingerprint density at radius 2 is 1.04 bits per heavy atom. The lowest BCUT2D eigenvalue weighted by molar-refractivity contribution is -0.160. The van der Waals surface area contributed by atoms with Crippen LogP contribution in [0.1, 0.15) is 41.5 Å². The Balaban J connectivity index is 1.72.